The van der Waals surface area contributed by atoms with Gasteiger partial charge in [-0.25, -0.2) is 9.98 Å². The molecule has 1 saturated heterocycles. The molecule has 1 atom stereocenters. The summed E-state index contributed by atoms with van der Waals surface area (Å²) < 4.78 is 0. The zero-order valence-electron chi connectivity index (χ0n) is 20.7. The number of H-pyrrole nitrogens is 1. The molecule has 1 aliphatic heterocycles. The Labute approximate surface area is 204 Å². The van der Waals surface area contributed by atoms with Crippen LogP contribution in [0, 0.1) is 26.2 Å². The number of primary amides is 1. The van der Waals surface area contributed by atoms with Crippen LogP contribution in [0.25, 0.3) is 21.5 Å². The Kier molecular flexibility index (Phi) is 5.56. The number of aromatic nitrogens is 2. The molecule has 1 amide bonds. The van der Waals surface area contributed by atoms with Gasteiger partial charge in [-0.15, -0.1) is 11.3 Å². The molecule has 5 rings (SSSR count). The predicted molar refractivity (Wildman–Crippen MR) is 140 cm³/mol. The summed E-state index contributed by atoms with van der Waals surface area (Å²) in [5.41, 5.74) is 18.5. The number of carbonyl (C=O) groups excluding carboxylic acids is 1. The molecule has 2 fully saturated rings. The third-order valence-corrected chi connectivity index (χ3v) is 9.39. The van der Waals surface area contributed by atoms with E-state index in [1.54, 1.807) is 0 Å². The molecule has 3 aromatic heterocycles. The second-order valence-electron chi connectivity index (χ2n) is 10.5. The Morgan fingerprint density at radius 1 is 1.32 bits per heavy atom. The lowest BCUT2D eigenvalue weighted by atomic mass is 9.55. The molecule has 7 nitrogen and oxygen atoms in total. The number of thiophene rings is 1. The second kappa shape index (κ2) is 8.20. The molecular formula is C26H34N6OS. The summed E-state index contributed by atoms with van der Waals surface area (Å²) in [5.74, 6) is 1.38. The quantitative estimate of drug-likeness (QED) is 0.354. The number of hydrogen-bond acceptors (Lipinski definition) is 5. The number of nitrogens with one attached hydrogen (secondary N) is 1. The minimum absolute atomic E-state index is 0.233. The highest BCUT2D eigenvalue weighted by Crippen LogP contribution is 2.61. The lowest BCUT2D eigenvalue weighted by Gasteiger charge is -2.60. The monoisotopic (exact) mass is 478 g/mol. The topological polar surface area (TPSA) is 113 Å². The average Bonchev–Trinajstić information content (AvgIpc) is 3.24. The number of aromatic amines is 1. The number of aliphatic imine (C=N–C) groups is 1. The summed E-state index contributed by atoms with van der Waals surface area (Å²) in [6.07, 6.45) is 5.68. The predicted octanol–water partition coefficient (Wildman–Crippen LogP) is 4.62. The van der Waals surface area contributed by atoms with Gasteiger partial charge in [0.2, 0.25) is 5.91 Å². The van der Waals surface area contributed by atoms with Crippen LogP contribution < -0.4 is 11.5 Å². The van der Waals surface area contributed by atoms with Crippen molar-refractivity contribution in [3.8, 4) is 11.3 Å². The van der Waals surface area contributed by atoms with Crippen LogP contribution in [0.2, 0.25) is 0 Å². The van der Waals surface area contributed by atoms with Gasteiger partial charge < -0.3 is 16.5 Å². The summed E-state index contributed by atoms with van der Waals surface area (Å²) in [7, 11) is 0. The molecule has 0 bridgehead atoms. The van der Waals surface area contributed by atoms with E-state index in [1.807, 2.05) is 24.5 Å². The molecular weight excluding hydrogens is 444 g/mol. The molecule has 0 unspecified atom stereocenters. The van der Waals surface area contributed by atoms with Crippen molar-refractivity contribution in [3.63, 3.8) is 0 Å². The zero-order valence-corrected chi connectivity index (χ0v) is 21.5. The van der Waals surface area contributed by atoms with E-state index in [0.717, 1.165) is 24.2 Å². The van der Waals surface area contributed by atoms with E-state index in [-0.39, 0.29) is 5.91 Å². The number of pyridine rings is 1. The van der Waals surface area contributed by atoms with Crippen molar-refractivity contribution >= 4 is 39.6 Å². The highest BCUT2D eigenvalue weighted by atomic mass is 32.1. The van der Waals surface area contributed by atoms with Gasteiger partial charge in [0.25, 0.3) is 0 Å². The van der Waals surface area contributed by atoms with Crippen molar-refractivity contribution in [2.24, 2.45) is 21.9 Å². The highest BCUT2D eigenvalue weighted by Gasteiger charge is 2.55. The van der Waals surface area contributed by atoms with E-state index in [2.05, 4.69) is 47.6 Å². The molecule has 8 heteroatoms. The van der Waals surface area contributed by atoms with Crippen molar-refractivity contribution < 1.29 is 4.79 Å². The second-order valence-corrected chi connectivity index (χ2v) is 11.5. The number of rotatable bonds is 6. The van der Waals surface area contributed by atoms with Crippen LogP contribution in [-0.4, -0.2) is 46.7 Å². The Balaban J connectivity index is 1.54. The number of carbonyl (C=O) groups is 1. The van der Waals surface area contributed by atoms with Crippen molar-refractivity contribution in [3.05, 3.63) is 33.3 Å². The third-order valence-electron chi connectivity index (χ3n) is 8.07. The number of likely N-dealkylation sites (tertiary alicyclic amines) is 1. The lowest BCUT2D eigenvalue weighted by molar-refractivity contribution is -0.127. The smallest absolute Gasteiger partial charge is 0.231 e. The van der Waals surface area contributed by atoms with E-state index < -0.39 is 0 Å². The van der Waals surface area contributed by atoms with Crippen LogP contribution in [0.4, 0.5) is 5.82 Å². The minimum atomic E-state index is -0.233. The van der Waals surface area contributed by atoms with Crippen LogP contribution in [0.1, 0.15) is 65.7 Å². The van der Waals surface area contributed by atoms with Crippen LogP contribution >= 0.6 is 11.3 Å². The number of nitrogens with zero attached hydrogens (tertiary/aromatic N) is 3. The van der Waals surface area contributed by atoms with Crippen molar-refractivity contribution in [2.75, 3.05) is 19.6 Å². The van der Waals surface area contributed by atoms with Crippen LogP contribution in [-0.2, 0) is 4.79 Å². The fourth-order valence-electron chi connectivity index (χ4n) is 6.17. The summed E-state index contributed by atoms with van der Waals surface area (Å²) in [5, 5.41) is 1.38. The molecule has 2 aliphatic rings. The van der Waals surface area contributed by atoms with Gasteiger partial charge in [-0.2, -0.15) is 0 Å². The molecule has 34 heavy (non-hydrogen) atoms. The standard InChI is InChI=1S/C26H34N6OS/c1-13(2)20-21-16(5)23(18-6-7-26(18)10-32(11-26)9-19(28)33)34-25(21)31-22(20)17-8-29-24(30-12-27)15(4)14(17)3/h8,12-13,18,31H,6-7,9-11H2,1-5H3,(H2,28,33)(H2,27,29,30)/t18-/m1/s1. The maximum atomic E-state index is 11.3. The first kappa shape index (κ1) is 23.1. The Morgan fingerprint density at radius 3 is 2.65 bits per heavy atom. The van der Waals surface area contributed by atoms with Gasteiger partial charge in [0.05, 0.1) is 18.6 Å². The fourth-order valence-corrected chi connectivity index (χ4v) is 7.68. The Hall–Kier alpha value is -2.71. The maximum absolute atomic E-state index is 11.3. The van der Waals surface area contributed by atoms with Gasteiger partial charge in [-0.3, -0.25) is 9.69 Å². The first-order valence-corrected chi connectivity index (χ1v) is 12.8. The van der Waals surface area contributed by atoms with Crippen molar-refractivity contribution in [1.29, 1.82) is 0 Å². The van der Waals surface area contributed by atoms with Gasteiger partial charge in [0, 0.05) is 46.4 Å². The number of amides is 1. The summed E-state index contributed by atoms with van der Waals surface area (Å²) >= 11 is 1.92. The van der Waals surface area contributed by atoms with Gasteiger partial charge in [0.1, 0.15) is 4.83 Å². The minimum Gasteiger partial charge on any atom is -0.390 e. The van der Waals surface area contributed by atoms with Crippen LogP contribution in [0.3, 0.4) is 0 Å². The molecule has 5 N–H and O–H groups in total. The number of nitrogens with two attached hydrogens (primary N) is 2. The molecule has 4 heterocycles. The molecule has 1 saturated carbocycles. The van der Waals surface area contributed by atoms with Crippen molar-refractivity contribution in [2.45, 2.75) is 59.3 Å². The largest absolute Gasteiger partial charge is 0.390 e. The van der Waals surface area contributed by atoms with Gasteiger partial charge in [-0.1, -0.05) is 13.8 Å². The number of hydrogen-bond donors (Lipinski definition) is 3. The number of fused-ring (bicyclic) bond motifs is 1. The van der Waals surface area contributed by atoms with E-state index in [4.69, 9.17) is 11.5 Å². The Bertz CT molecular complexity index is 1310. The number of aryl methyl sites for hydroxylation is 1. The third kappa shape index (κ3) is 3.38. The van der Waals surface area contributed by atoms with Gasteiger partial charge >= 0.3 is 0 Å². The first-order valence-electron chi connectivity index (χ1n) is 12.0. The van der Waals surface area contributed by atoms with E-state index in [0.29, 0.717) is 29.6 Å². The molecule has 0 radical (unpaired) electrons. The van der Waals surface area contributed by atoms with Crippen molar-refractivity contribution in [1.82, 2.24) is 14.9 Å². The van der Waals surface area contributed by atoms with E-state index >= 15 is 0 Å². The summed E-state index contributed by atoms with van der Waals surface area (Å²) in [4.78, 5) is 28.9. The van der Waals surface area contributed by atoms with Crippen LogP contribution in [0.5, 0.6) is 0 Å². The maximum Gasteiger partial charge on any atom is 0.231 e. The molecule has 3 aromatic rings. The van der Waals surface area contributed by atoms with Gasteiger partial charge in [0.15, 0.2) is 5.82 Å². The zero-order chi connectivity index (χ0) is 24.4. The SMILES string of the molecule is Cc1c(-c2[nH]c3sc([C@H]4CCC45CN(CC(N)=O)C5)c(C)c3c2C(C)C)cnc(N=CN)c1C. The molecule has 1 aliphatic carbocycles. The van der Waals surface area contributed by atoms with E-state index in [9.17, 15) is 4.79 Å². The molecule has 1 spiro atoms. The van der Waals surface area contributed by atoms with Gasteiger partial charge in [-0.05, 0) is 61.8 Å². The first-order chi connectivity index (χ1) is 16.2. The Morgan fingerprint density at radius 2 is 2.06 bits per heavy atom. The molecule has 180 valence electrons. The van der Waals surface area contributed by atoms with Crippen LogP contribution in [0.15, 0.2) is 11.2 Å². The average molecular weight is 479 g/mol. The molecule has 0 aromatic carbocycles. The lowest BCUT2D eigenvalue weighted by Crippen LogP contribution is -2.64. The fraction of sp³-hybridized carbons (Fsp3) is 0.500. The summed E-state index contributed by atoms with van der Waals surface area (Å²) in [6.45, 7) is 13.3. The summed E-state index contributed by atoms with van der Waals surface area (Å²) in [6, 6.07) is 0. The van der Waals surface area contributed by atoms with E-state index in [1.165, 1.54) is 56.7 Å². The normalized spacial score (nSPS) is 19.9. The highest BCUT2D eigenvalue weighted by molar-refractivity contribution is 7.19.